The number of benzene rings is 1. The van der Waals surface area contributed by atoms with Gasteiger partial charge in [-0.25, -0.2) is 4.79 Å². The third-order valence-corrected chi connectivity index (χ3v) is 1.66. The minimum atomic E-state index is -0.702. The van der Waals surface area contributed by atoms with E-state index in [4.69, 9.17) is 10.5 Å². The van der Waals surface area contributed by atoms with Crippen molar-refractivity contribution >= 4 is 11.8 Å². The van der Waals surface area contributed by atoms with Gasteiger partial charge in [0.1, 0.15) is 13.2 Å². The first kappa shape index (κ1) is 11.1. The Morgan fingerprint density at radius 1 is 1.33 bits per heavy atom. The second kappa shape index (κ2) is 5.70. The highest BCUT2D eigenvalue weighted by Crippen LogP contribution is 2.06. The van der Waals surface area contributed by atoms with Gasteiger partial charge in [0.05, 0.1) is 0 Å². The largest absolute Gasteiger partial charge is 0.508 e. The molecule has 0 amide bonds. The van der Waals surface area contributed by atoms with E-state index in [1.807, 2.05) is 0 Å². The lowest BCUT2D eigenvalue weighted by Crippen LogP contribution is -2.07. The van der Waals surface area contributed by atoms with Gasteiger partial charge in [-0.15, -0.1) is 0 Å². The summed E-state index contributed by atoms with van der Waals surface area (Å²) in [6, 6.07) is 7.06. The van der Waals surface area contributed by atoms with E-state index in [0.717, 1.165) is 5.56 Å². The molecule has 0 aliphatic carbocycles. The third-order valence-electron chi connectivity index (χ3n) is 1.66. The van der Waals surface area contributed by atoms with E-state index < -0.39 is 6.16 Å². The molecule has 15 heavy (non-hydrogen) atoms. The number of hydrogen-bond donors (Lipinski definition) is 1. The summed E-state index contributed by atoms with van der Waals surface area (Å²) in [5.74, 6) is 0. The molecule has 0 saturated carbocycles. The molecule has 0 aliphatic rings. The Labute approximate surface area is 88.3 Å². The van der Waals surface area contributed by atoms with Crippen molar-refractivity contribution in [3.05, 3.63) is 42.5 Å². The van der Waals surface area contributed by atoms with Crippen LogP contribution in [0.3, 0.4) is 0 Å². The second-order valence-corrected chi connectivity index (χ2v) is 2.88. The Morgan fingerprint density at radius 2 is 2.00 bits per heavy atom. The lowest BCUT2D eigenvalue weighted by atomic mass is 10.2. The summed E-state index contributed by atoms with van der Waals surface area (Å²) in [6.07, 6.45) is 0.775. The number of ether oxygens (including phenoxy) is 2. The highest BCUT2D eigenvalue weighted by molar-refractivity contribution is 5.60. The Morgan fingerprint density at radius 3 is 2.60 bits per heavy atom. The van der Waals surface area contributed by atoms with Crippen LogP contribution in [0.5, 0.6) is 0 Å². The molecule has 0 aliphatic heterocycles. The van der Waals surface area contributed by atoms with Crippen LogP contribution in [-0.2, 0) is 16.1 Å². The summed E-state index contributed by atoms with van der Waals surface area (Å²) in [5, 5.41) is 0. The number of hydrogen-bond acceptors (Lipinski definition) is 4. The Balaban J connectivity index is 2.33. The summed E-state index contributed by atoms with van der Waals surface area (Å²) in [4.78, 5) is 10.9. The molecule has 0 aromatic heterocycles. The van der Waals surface area contributed by atoms with Crippen molar-refractivity contribution in [3.63, 3.8) is 0 Å². The van der Waals surface area contributed by atoms with E-state index in [0.29, 0.717) is 5.69 Å². The van der Waals surface area contributed by atoms with E-state index in [9.17, 15) is 4.79 Å². The van der Waals surface area contributed by atoms with E-state index in [1.54, 1.807) is 24.3 Å². The van der Waals surface area contributed by atoms with Gasteiger partial charge in [0, 0.05) is 5.69 Å². The van der Waals surface area contributed by atoms with Crippen LogP contribution in [0.4, 0.5) is 10.5 Å². The smallest absolute Gasteiger partial charge is 0.430 e. The van der Waals surface area contributed by atoms with Gasteiger partial charge in [0.25, 0.3) is 0 Å². The highest BCUT2D eigenvalue weighted by Gasteiger charge is 2.02. The van der Waals surface area contributed by atoms with Crippen LogP contribution < -0.4 is 5.73 Å². The van der Waals surface area contributed by atoms with Crippen molar-refractivity contribution in [3.8, 4) is 0 Å². The molecule has 0 spiro atoms. The van der Waals surface area contributed by atoms with E-state index in [1.165, 1.54) is 6.08 Å². The van der Waals surface area contributed by atoms with E-state index in [-0.39, 0.29) is 13.2 Å². The molecule has 1 aromatic carbocycles. The summed E-state index contributed by atoms with van der Waals surface area (Å²) in [6.45, 7) is 3.74. The van der Waals surface area contributed by atoms with E-state index >= 15 is 0 Å². The number of anilines is 1. The van der Waals surface area contributed by atoms with Gasteiger partial charge >= 0.3 is 6.16 Å². The molecule has 80 valence electrons. The molecule has 0 atom stereocenters. The second-order valence-electron chi connectivity index (χ2n) is 2.88. The van der Waals surface area contributed by atoms with Crippen molar-refractivity contribution in [2.75, 3.05) is 12.3 Å². The van der Waals surface area contributed by atoms with Crippen molar-refractivity contribution in [2.24, 2.45) is 0 Å². The first-order valence-electron chi connectivity index (χ1n) is 4.47. The fourth-order valence-corrected chi connectivity index (χ4v) is 0.925. The molecular formula is C11H13NO3. The van der Waals surface area contributed by atoms with Gasteiger partial charge in [-0.2, -0.15) is 0 Å². The van der Waals surface area contributed by atoms with Crippen LogP contribution in [0.15, 0.2) is 36.9 Å². The van der Waals surface area contributed by atoms with Gasteiger partial charge in [0.15, 0.2) is 0 Å². The minimum absolute atomic E-state index is 0.153. The maximum atomic E-state index is 10.9. The van der Waals surface area contributed by atoms with E-state index in [2.05, 4.69) is 11.3 Å². The molecular weight excluding hydrogens is 194 g/mol. The molecule has 1 rings (SSSR count). The first-order chi connectivity index (χ1) is 7.22. The zero-order chi connectivity index (χ0) is 11.1. The van der Waals surface area contributed by atoms with Crippen LogP contribution in [0.25, 0.3) is 0 Å². The van der Waals surface area contributed by atoms with Gasteiger partial charge < -0.3 is 15.2 Å². The first-order valence-corrected chi connectivity index (χ1v) is 4.47. The Kier molecular flexibility index (Phi) is 4.22. The topological polar surface area (TPSA) is 61.5 Å². The summed E-state index contributed by atoms with van der Waals surface area (Å²) < 4.78 is 9.45. The van der Waals surface area contributed by atoms with Crippen LogP contribution in [0.2, 0.25) is 0 Å². The molecule has 0 radical (unpaired) electrons. The molecule has 0 bridgehead atoms. The van der Waals surface area contributed by atoms with Crippen LogP contribution in [-0.4, -0.2) is 12.8 Å². The zero-order valence-corrected chi connectivity index (χ0v) is 8.31. The van der Waals surface area contributed by atoms with Crippen LogP contribution >= 0.6 is 0 Å². The molecule has 0 heterocycles. The molecule has 4 heteroatoms. The number of nitrogens with two attached hydrogens (primary N) is 1. The predicted molar refractivity (Wildman–Crippen MR) is 57.2 cm³/mol. The van der Waals surface area contributed by atoms with Crippen molar-refractivity contribution in [2.45, 2.75) is 6.61 Å². The third kappa shape index (κ3) is 4.17. The highest BCUT2D eigenvalue weighted by atomic mass is 16.7. The van der Waals surface area contributed by atoms with Gasteiger partial charge in [-0.05, 0) is 17.7 Å². The fourth-order valence-electron chi connectivity index (χ4n) is 0.925. The molecule has 1 aromatic rings. The predicted octanol–water partition coefficient (Wildman–Crippen LogP) is 2.11. The summed E-state index contributed by atoms with van der Waals surface area (Å²) >= 11 is 0. The average molecular weight is 207 g/mol. The van der Waals surface area contributed by atoms with Gasteiger partial charge in [-0.1, -0.05) is 24.8 Å². The number of carbonyl (C=O) groups is 1. The molecule has 2 N–H and O–H groups in total. The molecule has 0 unspecified atom stereocenters. The summed E-state index contributed by atoms with van der Waals surface area (Å²) in [5.41, 5.74) is 7.04. The normalized spacial score (nSPS) is 9.33. The zero-order valence-electron chi connectivity index (χ0n) is 8.31. The standard InChI is InChI=1S/C11H13NO3/c1-2-7-14-11(13)15-8-9-3-5-10(12)6-4-9/h2-6H,1,7-8,12H2. The van der Waals surface area contributed by atoms with Gasteiger partial charge in [0.2, 0.25) is 0 Å². The number of rotatable bonds is 4. The lowest BCUT2D eigenvalue weighted by Gasteiger charge is -2.04. The SMILES string of the molecule is C=CCOC(=O)OCc1ccc(N)cc1. The monoisotopic (exact) mass is 207 g/mol. The maximum Gasteiger partial charge on any atom is 0.508 e. The molecule has 0 saturated heterocycles. The number of carbonyl (C=O) groups excluding carboxylic acids is 1. The maximum absolute atomic E-state index is 10.9. The number of nitrogen functional groups attached to an aromatic ring is 1. The molecule has 0 fully saturated rings. The lowest BCUT2D eigenvalue weighted by molar-refractivity contribution is 0.0577. The minimum Gasteiger partial charge on any atom is -0.430 e. The van der Waals surface area contributed by atoms with Crippen molar-refractivity contribution < 1.29 is 14.3 Å². The summed E-state index contributed by atoms with van der Waals surface area (Å²) in [7, 11) is 0. The fraction of sp³-hybridized carbons (Fsp3) is 0.182. The quantitative estimate of drug-likeness (QED) is 0.466. The van der Waals surface area contributed by atoms with Crippen molar-refractivity contribution in [1.82, 2.24) is 0 Å². The average Bonchev–Trinajstić information content (AvgIpc) is 2.25. The molecule has 4 nitrogen and oxygen atoms in total. The van der Waals surface area contributed by atoms with Crippen LogP contribution in [0.1, 0.15) is 5.56 Å². The van der Waals surface area contributed by atoms with Gasteiger partial charge in [-0.3, -0.25) is 0 Å². The van der Waals surface area contributed by atoms with Crippen molar-refractivity contribution in [1.29, 1.82) is 0 Å². The van der Waals surface area contributed by atoms with Crippen LogP contribution in [0, 0.1) is 0 Å². The Bertz CT molecular complexity index is 332. The Hall–Kier alpha value is -1.97.